The van der Waals surface area contributed by atoms with Gasteiger partial charge >= 0.3 is 0 Å². The smallest absolute Gasteiger partial charge is 0.0595 e. The fourth-order valence-corrected chi connectivity index (χ4v) is 2.89. The van der Waals surface area contributed by atoms with E-state index >= 15 is 0 Å². The predicted octanol–water partition coefficient (Wildman–Crippen LogP) is 6.91. The summed E-state index contributed by atoms with van der Waals surface area (Å²) in [4.78, 5) is 0. The second-order valence-electron chi connectivity index (χ2n) is 5.90. The molecule has 0 aromatic heterocycles. The van der Waals surface area contributed by atoms with Crippen molar-refractivity contribution in [3.05, 3.63) is 33.8 Å². The van der Waals surface area contributed by atoms with Crippen LogP contribution in [-0.4, -0.2) is 0 Å². The van der Waals surface area contributed by atoms with Gasteiger partial charge in [-0.2, -0.15) is 0 Å². The largest absolute Gasteiger partial charge is 0.324 e. The van der Waals surface area contributed by atoms with Crippen LogP contribution in [0.2, 0.25) is 10.0 Å². The van der Waals surface area contributed by atoms with Gasteiger partial charge in [0.1, 0.15) is 0 Å². The van der Waals surface area contributed by atoms with Crippen molar-refractivity contribution in [3.8, 4) is 0 Å². The van der Waals surface area contributed by atoms with Crippen LogP contribution in [0.5, 0.6) is 0 Å². The zero-order valence-electron chi connectivity index (χ0n) is 13.2. The van der Waals surface area contributed by atoms with Gasteiger partial charge in [0.15, 0.2) is 0 Å². The molecule has 1 atom stereocenters. The van der Waals surface area contributed by atoms with E-state index < -0.39 is 0 Å². The minimum absolute atomic E-state index is 0.0734. The van der Waals surface area contributed by atoms with E-state index in [1.165, 1.54) is 57.8 Å². The van der Waals surface area contributed by atoms with Crippen molar-refractivity contribution in [3.63, 3.8) is 0 Å². The first-order valence-electron chi connectivity index (χ1n) is 8.35. The lowest BCUT2D eigenvalue weighted by Crippen LogP contribution is -2.10. The number of hydrogen-bond acceptors (Lipinski definition) is 1. The molecular formula is C18H29Cl2N. The van der Waals surface area contributed by atoms with Gasteiger partial charge in [-0.1, -0.05) is 94.0 Å². The van der Waals surface area contributed by atoms with Crippen molar-refractivity contribution in [1.82, 2.24) is 0 Å². The third-order valence-electron chi connectivity index (χ3n) is 3.99. The van der Waals surface area contributed by atoms with Crippen molar-refractivity contribution >= 4 is 23.2 Å². The zero-order valence-corrected chi connectivity index (χ0v) is 14.7. The van der Waals surface area contributed by atoms with E-state index in [4.69, 9.17) is 28.9 Å². The highest BCUT2D eigenvalue weighted by molar-refractivity contribution is 6.42. The average Bonchev–Trinajstić information content (AvgIpc) is 2.48. The Bertz CT molecular complexity index is 393. The number of nitrogens with two attached hydrogens (primary N) is 1. The lowest BCUT2D eigenvalue weighted by Gasteiger charge is -2.12. The molecule has 1 rings (SSSR count). The molecule has 0 radical (unpaired) electrons. The molecule has 2 N–H and O–H groups in total. The summed E-state index contributed by atoms with van der Waals surface area (Å²) in [5.41, 5.74) is 7.30. The Balaban J connectivity index is 2.08. The van der Waals surface area contributed by atoms with Crippen LogP contribution < -0.4 is 5.73 Å². The second kappa shape index (κ2) is 11.3. The van der Waals surface area contributed by atoms with Crippen LogP contribution in [0, 0.1) is 0 Å². The van der Waals surface area contributed by atoms with Crippen LogP contribution in [-0.2, 0) is 0 Å². The molecule has 0 fully saturated rings. The van der Waals surface area contributed by atoms with E-state index in [1.807, 2.05) is 18.2 Å². The van der Waals surface area contributed by atoms with Crippen LogP contribution in [0.15, 0.2) is 18.2 Å². The van der Waals surface area contributed by atoms with Gasteiger partial charge in [0.25, 0.3) is 0 Å². The lowest BCUT2D eigenvalue weighted by molar-refractivity contribution is 0.532. The van der Waals surface area contributed by atoms with Gasteiger partial charge in [-0.15, -0.1) is 0 Å². The third kappa shape index (κ3) is 8.09. The van der Waals surface area contributed by atoms with E-state index in [0.29, 0.717) is 10.0 Å². The molecule has 0 bridgehead atoms. The normalized spacial score (nSPS) is 12.6. The fraction of sp³-hybridized carbons (Fsp3) is 0.667. The Labute approximate surface area is 140 Å². The summed E-state index contributed by atoms with van der Waals surface area (Å²) in [5, 5.41) is 1.19. The number of rotatable bonds is 11. The highest BCUT2D eigenvalue weighted by atomic mass is 35.5. The van der Waals surface area contributed by atoms with Gasteiger partial charge in [-0.3, -0.25) is 0 Å². The molecule has 1 nitrogen and oxygen atoms in total. The van der Waals surface area contributed by atoms with Crippen LogP contribution in [0.4, 0.5) is 0 Å². The predicted molar refractivity (Wildman–Crippen MR) is 95.2 cm³/mol. The monoisotopic (exact) mass is 329 g/mol. The Morgan fingerprint density at radius 1 is 0.857 bits per heavy atom. The Kier molecular flexibility index (Phi) is 10.2. The van der Waals surface area contributed by atoms with E-state index in [2.05, 4.69) is 6.92 Å². The summed E-state index contributed by atoms with van der Waals surface area (Å²) in [5.74, 6) is 0. The molecule has 0 aliphatic rings. The van der Waals surface area contributed by atoms with Crippen LogP contribution in [0.25, 0.3) is 0 Å². The maximum atomic E-state index is 6.21. The average molecular weight is 330 g/mol. The summed E-state index contributed by atoms with van der Waals surface area (Å²) in [6.07, 6.45) is 13.1. The van der Waals surface area contributed by atoms with E-state index in [0.717, 1.165) is 12.0 Å². The zero-order chi connectivity index (χ0) is 15.5. The highest BCUT2D eigenvalue weighted by Gasteiger charge is 2.07. The third-order valence-corrected chi connectivity index (χ3v) is 4.73. The topological polar surface area (TPSA) is 26.0 Å². The molecule has 21 heavy (non-hydrogen) atoms. The molecule has 120 valence electrons. The summed E-state index contributed by atoms with van der Waals surface area (Å²) in [7, 11) is 0. The molecule has 1 aromatic rings. The van der Waals surface area contributed by atoms with Crippen molar-refractivity contribution in [2.75, 3.05) is 0 Å². The maximum Gasteiger partial charge on any atom is 0.0595 e. The molecule has 0 spiro atoms. The van der Waals surface area contributed by atoms with E-state index in [9.17, 15) is 0 Å². The standard InChI is InChI=1S/C18H29Cl2N/c1-2-3-4-5-6-7-8-9-10-11-18(21)15-12-13-16(19)17(20)14-15/h12-14,18H,2-11,21H2,1H3. The first-order chi connectivity index (χ1) is 10.1. The van der Waals surface area contributed by atoms with Crippen molar-refractivity contribution in [2.24, 2.45) is 5.73 Å². The molecular weight excluding hydrogens is 301 g/mol. The Hall–Kier alpha value is -0.240. The van der Waals surface area contributed by atoms with E-state index in [1.54, 1.807) is 0 Å². The molecule has 1 unspecified atom stereocenters. The molecule has 0 amide bonds. The number of benzene rings is 1. The maximum absolute atomic E-state index is 6.21. The summed E-state index contributed by atoms with van der Waals surface area (Å²) >= 11 is 11.9. The summed E-state index contributed by atoms with van der Waals surface area (Å²) in [6, 6.07) is 5.77. The number of halogens is 2. The van der Waals surface area contributed by atoms with Crippen LogP contribution >= 0.6 is 23.2 Å². The van der Waals surface area contributed by atoms with Gasteiger partial charge in [-0.05, 0) is 24.1 Å². The molecule has 3 heteroatoms. The number of hydrogen-bond donors (Lipinski definition) is 1. The first kappa shape index (κ1) is 18.8. The van der Waals surface area contributed by atoms with Crippen molar-refractivity contribution in [2.45, 2.75) is 77.2 Å². The van der Waals surface area contributed by atoms with E-state index in [-0.39, 0.29) is 6.04 Å². The molecule has 0 saturated heterocycles. The Morgan fingerprint density at radius 3 is 2.00 bits per heavy atom. The van der Waals surface area contributed by atoms with Crippen LogP contribution in [0.1, 0.15) is 82.7 Å². The van der Waals surface area contributed by atoms with Crippen LogP contribution in [0.3, 0.4) is 0 Å². The molecule has 0 heterocycles. The van der Waals surface area contributed by atoms with Crippen molar-refractivity contribution < 1.29 is 0 Å². The minimum atomic E-state index is 0.0734. The lowest BCUT2D eigenvalue weighted by atomic mass is 10.00. The number of unbranched alkanes of at least 4 members (excludes halogenated alkanes) is 8. The molecule has 0 saturated carbocycles. The SMILES string of the molecule is CCCCCCCCCCCC(N)c1ccc(Cl)c(Cl)c1. The van der Waals surface area contributed by atoms with Gasteiger partial charge in [0.2, 0.25) is 0 Å². The van der Waals surface area contributed by atoms with Crippen molar-refractivity contribution in [1.29, 1.82) is 0 Å². The molecule has 0 aliphatic carbocycles. The second-order valence-corrected chi connectivity index (χ2v) is 6.71. The summed E-state index contributed by atoms with van der Waals surface area (Å²) in [6.45, 7) is 2.26. The fourth-order valence-electron chi connectivity index (χ4n) is 2.58. The minimum Gasteiger partial charge on any atom is -0.324 e. The highest BCUT2D eigenvalue weighted by Crippen LogP contribution is 2.26. The Morgan fingerprint density at radius 2 is 1.43 bits per heavy atom. The molecule has 1 aromatic carbocycles. The van der Waals surface area contributed by atoms with Gasteiger partial charge in [-0.25, -0.2) is 0 Å². The first-order valence-corrected chi connectivity index (χ1v) is 9.11. The van der Waals surface area contributed by atoms with Gasteiger partial charge in [0.05, 0.1) is 10.0 Å². The summed E-state index contributed by atoms with van der Waals surface area (Å²) < 4.78 is 0. The van der Waals surface area contributed by atoms with Gasteiger partial charge < -0.3 is 5.73 Å². The molecule has 0 aliphatic heterocycles. The van der Waals surface area contributed by atoms with Gasteiger partial charge in [0, 0.05) is 6.04 Å². The quantitative estimate of drug-likeness (QED) is 0.438.